The van der Waals surface area contributed by atoms with E-state index in [-0.39, 0.29) is 6.42 Å². The molecule has 0 fully saturated rings. The van der Waals surface area contributed by atoms with Gasteiger partial charge in [0.2, 0.25) is 0 Å². The second-order valence-corrected chi connectivity index (χ2v) is 4.89. The Kier molecular flexibility index (Phi) is 3.39. The van der Waals surface area contributed by atoms with Gasteiger partial charge in [-0.15, -0.1) is 0 Å². The van der Waals surface area contributed by atoms with Crippen LogP contribution in [0.4, 0.5) is 0 Å². The van der Waals surface area contributed by atoms with Crippen molar-refractivity contribution in [3.63, 3.8) is 0 Å². The zero-order valence-corrected chi connectivity index (χ0v) is 11.7. The molecule has 0 radical (unpaired) electrons. The summed E-state index contributed by atoms with van der Waals surface area (Å²) in [6.45, 7) is 2.35. The number of carbonyl (C=O) groups is 1. The molecular formula is C16H15N3O2. The molecule has 2 aromatic heterocycles. The van der Waals surface area contributed by atoms with Crippen LogP contribution >= 0.6 is 0 Å². The number of hydrogen-bond acceptors (Lipinski definition) is 3. The largest absolute Gasteiger partial charge is 0.481 e. The van der Waals surface area contributed by atoms with Crippen LogP contribution in [0.25, 0.3) is 22.6 Å². The minimum atomic E-state index is -0.823. The lowest BCUT2D eigenvalue weighted by molar-refractivity contribution is -0.137. The van der Waals surface area contributed by atoms with E-state index in [4.69, 9.17) is 5.11 Å². The van der Waals surface area contributed by atoms with Crippen LogP contribution in [0.2, 0.25) is 0 Å². The number of aromatic nitrogens is 3. The zero-order valence-electron chi connectivity index (χ0n) is 11.7. The van der Waals surface area contributed by atoms with Gasteiger partial charge in [0.15, 0.2) is 5.82 Å². The van der Waals surface area contributed by atoms with Crippen molar-refractivity contribution in [2.24, 2.45) is 0 Å². The van der Waals surface area contributed by atoms with Gasteiger partial charge in [-0.25, -0.2) is 4.98 Å². The summed E-state index contributed by atoms with van der Waals surface area (Å²) in [7, 11) is 0. The monoisotopic (exact) mass is 281 g/mol. The Bertz CT molecular complexity index is 808. The summed E-state index contributed by atoms with van der Waals surface area (Å²) in [6, 6.07) is 11.6. The number of fused-ring (bicyclic) bond motifs is 1. The standard InChI is InChI=1S/C16H15N3O2/c1-11-5-4-9-17-15(11)16-18-12-6-2-3-7-13(12)19(16)10-8-14(20)21/h2-7,9H,8,10H2,1H3,(H,20,21). The number of pyridine rings is 1. The molecule has 0 aliphatic carbocycles. The lowest BCUT2D eigenvalue weighted by Crippen LogP contribution is -2.07. The summed E-state index contributed by atoms with van der Waals surface area (Å²) >= 11 is 0. The predicted molar refractivity (Wildman–Crippen MR) is 80.0 cm³/mol. The molecule has 0 aliphatic heterocycles. The Morgan fingerprint density at radius 3 is 2.81 bits per heavy atom. The van der Waals surface area contributed by atoms with Crippen molar-refractivity contribution in [1.29, 1.82) is 0 Å². The van der Waals surface area contributed by atoms with E-state index in [1.165, 1.54) is 0 Å². The third-order valence-electron chi connectivity index (χ3n) is 3.43. The molecule has 0 atom stereocenters. The van der Waals surface area contributed by atoms with Crippen LogP contribution in [0.1, 0.15) is 12.0 Å². The SMILES string of the molecule is Cc1cccnc1-c1nc2ccccc2n1CCC(=O)O. The van der Waals surface area contributed by atoms with Gasteiger partial charge in [-0.1, -0.05) is 18.2 Å². The van der Waals surface area contributed by atoms with Crippen LogP contribution in [0.5, 0.6) is 0 Å². The Morgan fingerprint density at radius 1 is 1.24 bits per heavy atom. The second kappa shape index (κ2) is 5.36. The fraction of sp³-hybridized carbons (Fsp3) is 0.188. The quantitative estimate of drug-likeness (QED) is 0.798. The molecule has 5 heteroatoms. The predicted octanol–water partition coefficient (Wildman–Crippen LogP) is 2.88. The molecule has 3 rings (SSSR count). The average Bonchev–Trinajstić information content (AvgIpc) is 2.84. The van der Waals surface area contributed by atoms with Gasteiger partial charge in [0.05, 0.1) is 17.5 Å². The topological polar surface area (TPSA) is 68.0 Å². The van der Waals surface area contributed by atoms with Gasteiger partial charge < -0.3 is 9.67 Å². The maximum Gasteiger partial charge on any atom is 0.305 e. The fourth-order valence-corrected chi connectivity index (χ4v) is 2.41. The zero-order chi connectivity index (χ0) is 14.8. The lowest BCUT2D eigenvalue weighted by Gasteiger charge is -2.08. The summed E-state index contributed by atoms with van der Waals surface area (Å²) in [5.74, 6) is -0.105. The van der Waals surface area contributed by atoms with E-state index in [0.717, 1.165) is 28.1 Å². The number of hydrogen-bond donors (Lipinski definition) is 1. The van der Waals surface area contributed by atoms with Crippen molar-refractivity contribution in [1.82, 2.24) is 14.5 Å². The molecule has 5 nitrogen and oxygen atoms in total. The third kappa shape index (κ3) is 2.50. The highest BCUT2D eigenvalue weighted by molar-refractivity contribution is 5.80. The molecule has 0 saturated heterocycles. The van der Waals surface area contributed by atoms with Gasteiger partial charge in [-0.3, -0.25) is 9.78 Å². The average molecular weight is 281 g/mol. The van der Waals surface area contributed by atoms with Gasteiger partial charge >= 0.3 is 5.97 Å². The van der Waals surface area contributed by atoms with Crippen LogP contribution in [0, 0.1) is 6.92 Å². The first kappa shape index (κ1) is 13.3. The first-order valence-corrected chi connectivity index (χ1v) is 6.76. The number of rotatable bonds is 4. The first-order chi connectivity index (χ1) is 10.2. The van der Waals surface area contributed by atoms with E-state index in [2.05, 4.69) is 9.97 Å². The lowest BCUT2D eigenvalue weighted by atomic mass is 10.2. The Morgan fingerprint density at radius 2 is 2.05 bits per heavy atom. The number of nitrogens with zero attached hydrogens (tertiary/aromatic N) is 3. The Hall–Kier alpha value is -2.69. The Labute approximate surface area is 121 Å². The number of benzene rings is 1. The van der Waals surface area contributed by atoms with Crippen LogP contribution in [0.3, 0.4) is 0 Å². The number of para-hydroxylation sites is 2. The van der Waals surface area contributed by atoms with E-state index in [0.29, 0.717) is 6.54 Å². The summed E-state index contributed by atoms with van der Waals surface area (Å²) in [5.41, 5.74) is 3.59. The van der Waals surface area contributed by atoms with Gasteiger partial charge in [0, 0.05) is 12.7 Å². The maximum atomic E-state index is 10.9. The first-order valence-electron chi connectivity index (χ1n) is 6.76. The summed E-state index contributed by atoms with van der Waals surface area (Å²) in [4.78, 5) is 19.9. The van der Waals surface area contributed by atoms with Gasteiger partial charge in [0.1, 0.15) is 5.69 Å². The third-order valence-corrected chi connectivity index (χ3v) is 3.43. The number of aryl methyl sites for hydroxylation is 2. The van der Waals surface area contributed by atoms with Crippen LogP contribution in [0.15, 0.2) is 42.6 Å². The van der Waals surface area contributed by atoms with Crippen molar-refractivity contribution in [2.45, 2.75) is 19.9 Å². The van der Waals surface area contributed by atoms with E-state index < -0.39 is 5.97 Å². The molecule has 3 aromatic rings. The smallest absolute Gasteiger partial charge is 0.305 e. The van der Waals surface area contributed by atoms with Crippen molar-refractivity contribution in [3.05, 3.63) is 48.2 Å². The van der Waals surface area contributed by atoms with Crippen LogP contribution < -0.4 is 0 Å². The molecule has 2 heterocycles. The molecule has 0 amide bonds. The van der Waals surface area contributed by atoms with Crippen LogP contribution in [-0.2, 0) is 11.3 Å². The van der Waals surface area contributed by atoms with E-state index in [1.54, 1.807) is 6.20 Å². The molecular weight excluding hydrogens is 266 g/mol. The summed E-state index contributed by atoms with van der Waals surface area (Å²) in [5, 5.41) is 8.95. The highest BCUT2D eigenvalue weighted by Crippen LogP contribution is 2.25. The van der Waals surface area contributed by atoms with Crippen molar-refractivity contribution in [3.8, 4) is 11.5 Å². The van der Waals surface area contributed by atoms with Crippen molar-refractivity contribution in [2.75, 3.05) is 0 Å². The summed E-state index contributed by atoms with van der Waals surface area (Å²) in [6.07, 6.45) is 1.78. The van der Waals surface area contributed by atoms with Crippen molar-refractivity contribution < 1.29 is 9.90 Å². The maximum absolute atomic E-state index is 10.9. The minimum absolute atomic E-state index is 0.0548. The molecule has 21 heavy (non-hydrogen) atoms. The van der Waals surface area contributed by atoms with E-state index in [9.17, 15) is 4.79 Å². The Balaban J connectivity index is 2.19. The molecule has 1 N–H and O–H groups in total. The molecule has 0 bridgehead atoms. The number of carboxylic acid groups (broad SMARTS) is 1. The number of aliphatic carboxylic acids is 1. The van der Waals surface area contributed by atoms with Gasteiger partial charge in [-0.05, 0) is 30.7 Å². The highest BCUT2D eigenvalue weighted by Gasteiger charge is 2.15. The molecule has 106 valence electrons. The highest BCUT2D eigenvalue weighted by atomic mass is 16.4. The van der Waals surface area contributed by atoms with Crippen molar-refractivity contribution >= 4 is 17.0 Å². The summed E-state index contributed by atoms with van der Waals surface area (Å²) < 4.78 is 1.93. The number of imidazole rings is 1. The molecule has 0 unspecified atom stereocenters. The molecule has 1 aromatic carbocycles. The number of carboxylic acids is 1. The molecule has 0 aliphatic rings. The second-order valence-electron chi connectivity index (χ2n) is 4.89. The minimum Gasteiger partial charge on any atom is -0.481 e. The van der Waals surface area contributed by atoms with Gasteiger partial charge in [0.25, 0.3) is 0 Å². The van der Waals surface area contributed by atoms with Gasteiger partial charge in [-0.2, -0.15) is 0 Å². The van der Waals surface area contributed by atoms with E-state index >= 15 is 0 Å². The normalized spacial score (nSPS) is 10.9. The fourth-order valence-electron chi connectivity index (χ4n) is 2.41. The van der Waals surface area contributed by atoms with Crippen LogP contribution in [-0.4, -0.2) is 25.6 Å². The molecule has 0 spiro atoms. The molecule has 0 saturated carbocycles. The van der Waals surface area contributed by atoms with E-state index in [1.807, 2.05) is 47.9 Å².